The molecule has 6 heteroatoms. The molecule has 0 aliphatic rings. The van der Waals surface area contributed by atoms with Gasteiger partial charge in [0, 0.05) is 6.42 Å². The number of nitrogens with zero attached hydrogens (tertiary/aromatic N) is 2. The highest BCUT2D eigenvalue weighted by atomic mass is 35.5. The lowest BCUT2D eigenvalue weighted by Gasteiger charge is -1.99. The maximum Gasteiger partial charge on any atom is 0.323 e. The Morgan fingerprint density at radius 1 is 1.43 bits per heavy atom. The molecule has 0 saturated carbocycles. The van der Waals surface area contributed by atoms with E-state index in [9.17, 15) is 4.79 Å². The molecule has 3 nitrogen and oxygen atoms in total. The van der Waals surface area contributed by atoms with Crippen LogP contribution in [0.4, 0.5) is 0 Å². The van der Waals surface area contributed by atoms with E-state index in [1.165, 1.54) is 0 Å². The predicted octanol–water partition coefficient (Wildman–Crippen LogP) is 1.76. The molecule has 0 spiro atoms. The third-order valence-corrected chi connectivity index (χ3v) is 4.45. The lowest BCUT2D eigenvalue weighted by Crippen LogP contribution is -2.01. The largest absolute Gasteiger partial charge is 0.361 e. The number of hydrogen-bond donors (Lipinski definition) is 0. The number of carbonyl (C=O) groups excluding carboxylic acids is 1. The van der Waals surface area contributed by atoms with E-state index in [1.54, 1.807) is 0 Å². The summed E-state index contributed by atoms with van der Waals surface area (Å²) in [5, 5.41) is 0. The topological polar surface area (TPSA) is 53.5 Å². The maximum atomic E-state index is 10.8. The zero-order valence-electron chi connectivity index (χ0n) is 7.96. The smallest absolute Gasteiger partial charge is 0.323 e. The Morgan fingerprint density at radius 3 is 2.71 bits per heavy atom. The lowest BCUT2D eigenvalue weighted by molar-refractivity contribution is -0.116. The van der Waals surface area contributed by atoms with Crippen LogP contribution in [0.15, 0.2) is 0 Å². The van der Waals surface area contributed by atoms with Crippen LogP contribution in [0, 0.1) is 0 Å². The summed E-state index contributed by atoms with van der Waals surface area (Å²) >= 11 is 11.2. The molecule has 0 bridgehead atoms. The molecule has 0 fully saturated rings. The minimum Gasteiger partial charge on any atom is -0.361 e. The number of rotatable bonds is 8. The van der Waals surface area contributed by atoms with Gasteiger partial charge in [0.15, 0.2) is 0 Å². The molecule has 0 heterocycles. The third-order valence-electron chi connectivity index (χ3n) is 1.80. The fourth-order valence-electron chi connectivity index (χ4n) is 1.08. The van der Waals surface area contributed by atoms with Crippen molar-refractivity contribution >= 4 is 44.7 Å². The van der Waals surface area contributed by atoms with Crippen molar-refractivity contribution in [3.05, 3.63) is 5.53 Å². The Morgan fingerprint density at radius 2 is 2.14 bits per heavy atom. The monoisotopic (exact) mass is 252 g/mol. The SMILES string of the molecule is [N-]=[N+]=CC(=O)CCCCC[SiH2]C(Cl)Cl. The van der Waals surface area contributed by atoms with Crippen molar-refractivity contribution in [1.82, 2.24) is 0 Å². The molecular formula is C8H14Cl2N2OSi. The lowest BCUT2D eigenvalue weighted by atomic mass is 10.1. The number of alkyl halides is 2. The van der Waals surface area contributed by atoms with E-state index in [4.69, 9.17) is 28.7 Å². The highest BCUT2D eigenvalue weighted by Crippen LogP contribution is 2.07. The Labute approximate surface area is 96.2 Å². The van der Waals surface area contributed by atoms with Gasteiger partial charge in [-0.15, -0.1) is 23.2 Å². The van der Waals surface area contributed by atoms with Gasteiger partial charge in [-0.2, -0.15) is 4.79 Å². The summed E-state index contributed by atoms with van der Waals surface area (Å²) in [5.74, 6) is -0.127. The van der Waals surface area contributed by atoms with E-state index in [0.29, 0.717) is 6.42 Å². The number of carbonyl (C=O) groups is 1. The summed E-state index contributed by atoms with van der Waals surface area (Å²) in [4.78, 5) is 13.5. The van der Waals surface area contributed by atoms with Gasteiger partial charge in [-0.25, -0.2) is 0 Å². The average Bonchev–Trinajstić information content (AvgIpc) is 2.11. The molecule has 14 heavy (non-hydrogen) atoms. The summed E-state index contributed by atoms with van der Waals surface area (Å²) in [5.41, 5.74) is 8.06. The molecule has 0 amide bonds. The van der Waals surface area contributed by atoms with Crippen LogP contribution in [-0.4, -0.2) is 30.8 Å². The predicted molar refractivity (Wildman–Crippen MR) is 62.0 cm³/mol. The van der Waals surface area contributed by atoms with Crippen molar-refractivity contribution in [2.75, 3.05) is 0 Å². The zero-order valence-corrected chi connectivity index (χ0v) is 10.9. The molecule has 0 radical (unpaired) electrons. The van der Waals surface area contributed by atoms with Crippen molar-refractivity contribution in [1.29, 1.82) is 0 Å². The second-order valence-corrected chi connectivity index (χ2v) is 7.47. The number of unbranched alkanes of at least 4 members (excludes halogenated alkanes) is 2. The van der Waals surface area contributed by atoms with Crippen LogP contribution in [0.2, 0.25) is 6.04 Å². The van der Waals surface area contributed by atoms with Crippen LogP contribution in [0.3, 0.4) is 0 Å². The number of Topliss-reactive ketones (excluding diaryl/α,β-unsaturated/α-hetero) is 1. The molecule has 0 aromatic rings. The zero-order chi connectivity index (χ0) is 10.8. The molecule has 0 aliphatic carbocycles. The van der Waals surface area contributed by atoms with E-state index in [-0.39, 0.29) is 19.8 Å². The van der Waals surface area contributed by atoms with Crippen LogP contribution >= 0.6 is 23.2 Å². The Kier molecular flexibility index (Phi) is 9.30. The summed E-state index contributed by atoms with van der Waals surface area (Å²) in [6, 6.07) is 1.12. The van der Waals surface area contributed by atoms with Crippen LogP contribution in [0.25, 0.3) is 5.53 Å². The van der Waals surface area contributed by atoms with Crippen molar-refractivity contribution in [3.63, 3.8) is 0 Å². The second-order valence-electron chi connectivity index (χ2n) is 3.05. The fourth-order valence-corrected chi connectivity index (χ4v) is 2.96. The second kappa shape index (κ2) is 9.40. The van der Waals surface area contributed by atoms with Gasteiger partial charge in [-0.3, -0.25) is 4.79 Å². The van der Waals surface area contributed by atoms with E-state index in [0.717, 1.165) is 31.5 Å². The molecule has 0 aromatic heterocycles. The van der Waals surface area contributed by atoms with Crippen LogP contribution < -0.4 is 0 Å². The number of halogens is 2. The van der Waals surface area contributed by atoms with Gasteiger partial charge < -0.3 is 5.53 Å². The van der Waals surface area contributed by atoms with Gasteiger partial charge in [0.05, 0.1) is 14.0 Å². The van der Waals surface area contributed by atoms with E-state index in [2.05, 4.69) is 4.79 Å². The molecule has 80 valence electrons. The third kappa shape index (κ3) is 9.93. The molecule has 0 aliphatic heterocycles. The quantitative estimate of drug-likeness (QED) is 0.162. The van der Waals surface area contributed by atoms with Crippen LogP contribution in [0.5, 0.6) is 0 Å². The molecule has 0 saturated heterocycles. The highest BCUT2D eigenvalue weighted by Gasteiger charge is 2.02. The fraction of sp³-hybridized carbons (Fsp3) is 0.750. The highest BCUT2D eigenvalue weighted by molar-refractivity contribution is 6.68. The molecule has 0 aromatic carbocycles. The standard InChI is InChI=1S/C8H14Cl2N2OSi/c9-8(10)14-5-3-1-2-4-7(13)6-12-11/h6,8H,1-5,14H2. The van der Waals surface area contributed by atoms with E-state index < -0.39 is 0 Å². The van der Waals surface area contributed by atoms with Gasteiger partial charge in [-0.1, -0.05) is 18.9 Å². The first-order valence-corrected chi connectivity index (χ1v) is 7.34. The minimum absolute atomic E-state index is 0.127. The normalized spacial score (nSPS) is 10.8. The first kappa shape index (κ1) is 13.8. The number of hydrogen-bond acceptors (Lipinski definition) is 1. The summed E-state index contributed by atoms with van der Waals surface area (Å²) < 4.78 is -0.141. The van der Waals surface area contributed by atoms with E-state index in [1.807, 2.05) is 0 Å². The summed E-state index contributed by atoms with van der Waals surface area (Å²) in [6.45, 7) is 0. The van der Waals surface area contributed by atoms with Crippen molar-refractivity contribution in [3.8, 4) is 0 Å². The minimum atomic E-state index is -0.331. The summed E-state index contributed by atoms with van der Waals surface area (Å²) in [6.07, 6.45) is 4.35. The maximum absolute atomic E-state index is 10.8. The molecule has 0 atom stereocenters. The Bertz CT molecular complexity index is 217. The first-order valence-electron chi connectivity index (χ1n) is 4.65. The molecular weight excluding hydrogens is 239 g/mol. The first-order chi connectivity index (χ1) is 6.66. The summed E-state index contributed by atoms with van der Waals surface area (Å²) in [7, 11) is -0.331. The van der Waals surface area contributed by atoms with Crippen molar-refractivity contribution < 1.29 is 9.58 Å². The number of ketones is 1. The van der Waals surface area contributed by atoms with E-state index >= 15 is 0 Å². The van der Waals surface area contributed by atoms with Gasteiger partial charge in [0.2, 0.25) is 5.78 Å². The van der Waals surface area contributed by atoms with Crippen LogP contribution in [-0.2, 0) is 4.79 Å². The van der Waals surface area contributed by atoms with Gasteiger partial charge in [0.25, 0.3) is 0 Å². The van der Waals surface area contributed by atoms with Crippen LogP contribution in [0.1, 0.15) is 25.7 Å². The van der Waals surface area contributed by atoms with Gasteiger partial charge in [0.1, 0.15) is 0 Å². The van der Waals surface area contributed by atoms with Crippen molar-refractivity contribution in [2.45, 2.75) is 36.2 Å². The Balaban J connectivity index is 3.21. The van der Waals surface area contributed by atoms with Crippen molar-refractivity contribution in [2.24, 2.45) is 0 Å². The molecule has 0 unspecified atom stereocenters. The molecule has 0 rings (SSSR count). The molecule has 0 N–H and O–H groups in total. The average molecular weight is 253 g/mol. The Hall–Kier alpha value is -0.153. The van der Waals surface area contributed by atoms with Gasteiger partial charge in [-0.05, 0) is 6.42 Å². The van der Waals surface area contributed by atoms with Gasteiger partial charge >= 0.3 is 6.21 Å².